The number of piperazine rings is 1. The Morgan fingerprint density at radius 1 is 1.08 bits per heavy atom. The number of ether oxygens (including phenoxy) is 1. The van der Waals surface area contributed by atoms with Gasteiger partial charge in [0, 0.05) is 38.7 Å². The predicted octanol–water partition coefficient (Wildman–Crippen LogP) is 2.31. The molecule has 1 aromatic rings. The van der Waals surface area contributed by atoms with Crippen molar-refractivity contribution in [2.24, 2.45) is 5.41 Å². The van der Waals surface area contributed by atoms with Crippen LogP contribution in [-0.2, 0) is 9.59 Å². The summed E-state index contributed by atoms with van der Waals surface area (Å²) >= 11 is 0. The lowest BCUT2D eigenvalue weighted by Crippen LogP contribution is -2.52. The van der Waals surface area contributed by atoms with Gasteiger partial charge in [-0.1, -0.05) is 26.8 Å². The zero-order valence-electron chi connectivity index (χ0n) is 14.5. The molecule has 0 saturated carbocycles. The number of carbonyl (C=O) groups excluding carboxylic acids is 2. The quantitative estimate of drug-likeness (QED) is 0.848. The third-order valence-electron chi connectivity index (χ3n) is 3.83. The number of hydrogen-bond donors (Lipinski definition) is 0. The summed E-state index contributed by atoms with van der Waals surface area (Å²) in [5.41, 5.74) is -0.0389. The molecule has 1 aromatic carbocycles. The van der Waals surface area contributed by atoms with Crippen LogP contribution in [0.25, 0.3) is 0 Å². The maximum atomic E-state index is 13.1. The van der Waals surface area contributed by atoms with E-state index in [0.29, 0.717) is 38.3 Å². The number of benzene rings is 1. The molecule has 1 aliphatic rings. The molecule has 2 amide bonds. The minimum absolute atomic E-state index is 0.0389. The highest BCUT2D eigenvalue weighted by Gasteiger charge is 2.26. The van der Waals surface area contributed by atoms with Gasteiger partial charge < -0.3 is 14.5 Å². The molecule has 2 rings (SSSR count). The fourth-order valence-electron chi connectivity index (χ4n) is 2.56. The fourth-order valence-corrected chi connectivity index (χ4v) is 2.56. The Bertz CT molecular complexity index is 590. The summed E-state index contributed by atoms with van der Waals surface area (Å²) in [5, 5.41) is 0. The fraction of sp³-hybridized carbons (Fsp3) is 0.556. The Kier molecular flexibility index (Phi) is 5.80. The van der Waals surface area contributed by atoms with E-state index in [1.165, 1.54) is 18.2 Å². The van der Waals surface area contributed by atoms with Crippen LogP contribution in [0.15, 0.2) is 24.3 Å². The first-order chi connectivity index (χ1) is 11.2. The summed E-state index contributed by atoms with van der Waals surface area (Å²) in [6.07, 6.45) is 0.504. The average molecular weight is 336 g/mol. The summed E-state index contributed by atoms with van der Waals surface area (Å²) in [4.78, 5) is 27.8. The van der Waals surface area contributed by atoms with Crippen LogP contribution in [0.3, 0.4) is 0 Å². The first-order valence-corrected chi connectivity index (χ1v) is 8.18. The lowest BCUT2D eigenvalue weighted by atomic mass is 9.91. The Balaban J connectivity index is 1.77. The van der Waals surface area contributed by atoms with Gasteiger partial charge in [0.25, 0.3) is 5.91 Å². The van der Waals surface area contributed by atoms with E-state index in [1.54, 1.807) is 11.0 Å². The van der Waals surface area contributed by atoms with E-state index in [2.05, 4.69) is 0 Å². The van der Waals surface area contributed by atoms with Gasteiger partial charge in [-0.25, -0.2) is 4.39 Å². The van der Waals surface area contributed by atoms with Crippen molar-refractivity contribution in [1.82, 2.24) is 9.80 Å². The number of carbonyl (C=O) groups is 2. The summed E-state index contributed by atoms with van der Waals surface area (Å²) < 4.78 is 18.4. The number of rotatable bonds is 4. The third kappa shape index (κ3) is 5.51. The largest absolute Gasteiger partial charge is 0.484 e. The highest BCUT2D eigenvalue weighted by atomic mass is 19.1. The van der Waals surface area contributed by atoms with Crippen LogP contribution in [0.1, 0.15) is 27.2 Å². The van der Waals surface area contributed by atoms with E-state index < -0.39 is 5.82 Å². The van der Waals surface area contributed by atoms with Gasteiger partial charge in [0.1, 0.15) is 11.6 Å². The van der Waals surface area contributed by atoms with E-state index in [9.17, 15) is 14.0 Å². The molecular formula is C18H25FN2O3. The van der Waals surface area contributed by atoms with Crippen LogP contribution in [-0.4, -0.2) is 54.4 Å². The van der Waals surface area contributed by atoms with Gasteiger partial charge in [0.05, 0.1) is 0 Å². The molecule has 1 saturated heterocycles. The van der Waals surface area contributed by atoms with E-state index in [-0.39, 0.29) is 23.8 Å². The summed E-state index contributed by atoms with van der Waals surface area (Å²) in [7, 11) is 0. The molecule has 0 aromatic heterocycles. The van der Waals surface area contributed by atoms with Gasteiger partial charge in [-0.2, -0.15) is 0 Å². The first kappa shape index (κ1) is 18.2. The zero-order valence-corrected chi connectivity index (χ0v) is 14.5. The van der Waals surface area contributed by atoms with Crippen molar-refractivity contribution in [3.8, 4) is 5.75 Å². The van der Waals surface area contributed by atoms with Crippen LogP contribution >= 0.6 is 0 Å². The minimum Gasteiger partial charge on any atom is -0.484 e. The van der Waals surface area contributed by atoms with Gasteiger partial charge in [0.15, 0.2) is 6.61 Å². The van der Waals surface area contributed by atoms with Crippen molar-refractivity contribution >= 4 is 11.8 Å². The average Bonchev–Trinajstić information content (AvgIpc) is 2.51. The van der Waals surface area contributed by atoms with Crippen molar-refractivity contribution in [2.45, 2.75) is 27.2 Å². The molecule has 1 aliphatic heterocycles. The van der Waals surface area contributed by atoms with Gasteiger partial charge in [-0.3, -0.25) is 9.59 Å². The van der Waals surface area contributed by atoms with Crippen molar-refractivity contribution in [3.63, 3.8) is 0 Å². The predicted molar refractivity (Wildman–Crippen MR) is 89.1 cm³/mol. The topological polar surface area (TPSA) is 49.9 Å². The number of nitrogens with zero attached hydrogens (tertiary/aromatic N) is 2. The minimum atomic E-state index is -0.397. The van der Waals surface area contributed by atoms with E-state index in [0.717, 1.165) is 0 Å². The van der Waals surface area contributed by atoms with Gasteiger partial charge in [-0.05, 0) is 17.5 Å². The second kappa shape index (κ2) is 7.64. The van der Waals surface area contributed by atoms with Crippen molar-refractivity contribution in [2.75, 3.05) is 32.8 Å². The smallest absolute Gasteiger partial charge is 0.260 e. The second-order valence-electron chi connectivity index (χ2n) is 7.25. The zero-order chi connectivity index (χ0) is 17.7. The van der Waals surface area contributed by atoms with Crippen LogP contribution in [0, 0.1) is 11.2 Å². The molecule has 24 heavy (non-hydrogen) atoms. The molecule has 1 fully saturated rings. The Labute approximate surface area is 142 Å². The Hall–Kier alpha value is -2.11. The van der Waals surface area contributed by atoms with E-state index in [1.807, 2.05) is 25.7 Å². The maximum Gasteiger partial charge on any atom is 0.260 e. The van der Waals surface area contributed by atoms with Crippen LogP contribution < -0.4 is 4.74 Å². The Morgan fingerprint density at radius 3 is 2.21 bits per heavy atom. The van der Waals surface area contributed by atoms with Crippen molar-refractivity contribution in [1.29, 1.82) is 0 Å². The molecule has 6 heteroatoms. The molecule has 5 nitrogen and oxygen atoms in total. The van der Waals surface area contributed by atoms with Crippen molar-refractivity contribution in [3.05, 3.63) is 30.1 Å². The molecule has 0 spiro atoms. The normalized spacial score (nSPS) is 15.3. The molecule has 0 N–H and O–H groups in total. The van der Waals surface area contributed by atoms with E-state index >= 15 is 0 Å². The highest BCUT2D eigenvalue weighted by Crippen LogP contribution is 2.20. The molecule has 0 bridgehead atoms. The molecular weight excluding hydrogens is 311 g/mol. The number of amides is 2. The first-order valence-electron chi connectivity index (χ1n) is 8.18. The van der Waals surface area contributed by atoms with Crippen LogP contribution in [0.5, 0.6) is 5.75 Å². The van der Waals surface area contributed by atoms with Gasteiger partial charge in [0.2, 0.25) is 5.91 Å². The number of halogens is 1. The summed E-state index contributed by atoms with van der Waals surface area (Å²) in [5.74, 6) is -0.0824. The Morgan fingerprint density at radius 2 is 1.67 bits per heavy atom. The third-order valence-corrected chi connectivity index (χ3v) is 3.83. The SMILES string of the molecule is CC(C)(C)CC(=O)N1CCN(C(=O)COc2cccc(F)c2)CC1. The van der Waals surface area contributed by atoms with Crippen LogP contribution in [0.4, 0.5) is 4.39 Å². The molecule has 1 heterocycles. The van der Waals surface area contributed by atoms with Gasteiger partial charge in [-0.15, -0.1) is 0 Å². The summed E-state index contributed by atoms with van der Waals surface area (Å²) in [6, 6.07) is 5.72. The highest BCUT2D eigenvalue weighted by molar-refractivity contribution is 5.79. The lowest BCUT2D eigenvalue weighted by Gasteiger charge is -2.36. The number of hydrogen-bond acceptors (Lipinski definition) is 3. The molecule has 0 atom stereocenters. The maximum absolute atomic E-state index is 13.1. The monoisotopic (exact) mass is 336 g/mol. The van der Waals surface area contributed by atoms with E-state index in [4.69, 9.17) is 4.74 Å². The molecule has 0 radical (unpaired) electrons. The molecule has 0 aliphatic carbocycles. The summed E-state index contributed by atoms with van der Waals surface area (Å²) in [6.45, 7) is 8.07. The van der Waals surface area contributed by atoms with Crippen molar-refractivity contribution < 1.29 is 18.7 Å². The molecule has 0 unspecified atom stereocenters. The molecule has 132 valence electrons. The second-order valence-corrected chi connectivity index (χ2v) is 7.25. The lowest BCUT2D eigenvalue weighted by molar-refractivity contribution is -0.141. The standard InChI is InChI=1S/C18H25FN2O3/c1-18(2,3)12-16(22)20-7-9-21(10-8-20)17(23)13-24-15-6-4-5-14(19)11-15/h4-6,11H,7-10,12-13H2,1-3H3. The van der Waals surface area contributed by atoms with Crippen LogP contribution in [0.2, 0.25) is 0 Å². The van der Waals surface area contributed by atoms with Gasteiger partial charge >= 0.3 is 0 Å².